The lowest BCUT2D eigenvalue weighted by Gasteiger charge is -2.17. The molecule has 0 unspecified atom stereocenters. The zero-order valence-electron chi connectivity index (χ0n) is 13.7. The molecule has 0 aliphatic carbocycles. The minimum atomic E-state index is -0.852. The minimum Gasteiger partial charge on any atom is -0.270 e. The molecule has 134 valence electrons. The highest BCUT2D eigenvalue weighted by Crippen LogP contribution is 2.32. The summed E-state index contributed by atoms with van der Waals surface area (Å²) in [7, 11) is 0. The van der Waals surface area contributed by atoms with Crippen LogP contribution in [0.4, 0.5) is 8.78 Å². The normalized spacial score (nSPS) is 10.9. The fraction of sp³-hybridized carbons (Fsp3) is 0. The molecular weight excluding hydrogens is 374 g/mol. The van der Waals surface area contributed by atoms with E-state index in [0.29, 0.717) is 5.69 Å². The molecule has 0 spiro atoms. The number of nitrogens with zero attached hydrogens (tertiary/aromatic N) is 4. The van der Waals surface area contributed by atoms with Crippen molar-refractivity contribution < 1.29 is 8.78 Å². The van der Waals surface area contributed by atoms with Gasteiger partial charge in [0.15, 0.2) is 5.15 Å². The van der Waals surface area contributed by atoms with Crippen molar-refractivity contribution in [3.63, 3.8) is 0 Å². The van der Waals surface area contributed by atoms with Crippen molar-refractivity contribution in [3.05, 3.63) is 94.1 Å². The van der Waals surface area contributed by atoms with Gasteiger partial charge in [-0.05, 0) is 30.3 Å². The van der Waals surface area contributed by atoms with Crippen LogP contribution in [0.2, 0.25) is 5.15 Å². The first kappa shape index (κ1) is 17.1. The van der Waals surface area contributed by atoms with E-state index in [9.17, 15) is 13.6 Å². The monoisotopic (exact) mass is 384 g/mol. The van der Waals surface area contributed by atoms with Crippen LogP contribution in [-0.4, -0.2) is 19.3 Å². The van der Waals surface area contributed by atoms with Crippen LogP contribution in [0.5, 0.6) is 0 Å². The van der Waals surface area contributed by atoms with Crippen molar-refractivity contribution in [2.24, 2.45) is 0 Å². The van der Waals surface area contributed by atoms with Crippen LogP contribution >= 0.6 is 11.6 Å². The highest BCUT2D eigenvalue weighted by Gasteiger charge is 2.24. The number of hydrogen-bond donors (Lipinski definition) is 0. The molecule has 0 saturated carbocycles. The predicted molar refractivity (Wildman–Crippen MR) is 97.3 cm³/mol. The Kier molecular flexibility index (Phi) is 4.29. The summed E-state index contributed by atoms with van der Waals surface area (Å²) in [5, 5.41) is 3.77. The van der Waals surface area contributed by atoms with Gasteiger partial charge in [0.05, 0.1) is 11.3 Å². The molecule has 0 atom stereocenters. The molecule has 0 aliphatic heterocycles. The van der Waals surface area contributed by atoms with Crippen molar-refractivity contribution in [1.29, 1.82) is 0 Å². The number of para-hydroxylation sites is 1. The summed E-state index contributed by atoms with van der Waals surface area (Å²) >= 11 is 6.31. The Bertz CT molecular complexity index is 1150. The second kappa shape index (κ2) is 6.77. The van der Waals surface area contributed by atoms with Gasteiger partial charge < -0.3 is 0 Å². The molecule has 0 N–H and O–H groups in total. The third kappa shape index (κ3) is 2.92. The lowest BCUT2D eigenvalue weighted by Crippen LogP contribution is -2.27. The SMILES string of the molecule is O=c1c(-n2cccn2)nc(Cl)c(-c2c(F)cccc2F)n1-c1ccccc1. The third-order valence-electron chi connectivity index (χ3n) is 3.95. The Labute approximate surface area is 157 Å². The molecule has 4 rings (SSSR count). The van der Waals surface area contributed by atoms with E-state index in [4.69, 9.17) is 11.6 Å². The second-order valence-electron chi connectivity index (χ2n) is 5.60. The lowest BCUT2D eigenvalue weighted by molar-refractivity contribution is 0.587. The standard InChI is InChI=1S/C19H11ClF2N4O/c20-17-16(15-13(21)8-4-9-14(15)22)26(12-6-2-1-3-7-12)19(27)18(24-17)25-11-5-10-23-25/h1-11H. The minimum absolute atomic E-state index is 0.0886. The molecular formula is C19H11ClF2N4O. The van der Waals surface area contributed by atoms with E-state index in [-0.39, 0.29) is 16.7 Å². The molecule has 8 heteroatoms. The first-order valence-corrected chi connectivity index (χ1v) is 8.28. The van der Waals surface area contributed by atoms with Crippen LogP contribution in [0.3, 0.4) is 0 Å². The van der Waals surface area contributed by atoms with Gasteiger partial charge in [-0.25, -0.2) is 18.4 Å². The van der Waals surface area contributed by atoms with Crippen molar-refractivity contribution in [2.75, 3.05) is 0 Å². The molecule has 4 aromatic rings. The Morgan fingerprint density at radius 3 is 2.26 bits per heavy atom. The van der Waals surface area contributed by atoms with Crippen molar-refractivity contribution in [2.45, 2.75) is 0 Å². The molecule has 0 aliphatic rings. The van der Waals surface area contributed by atoms with Gasteiger partial charge in [-0.1, -0.05) is 35.9 Å². The van der Waals surface area contributed by atoms with Crippen LogP contribution in [0.15, 0.2) is 71.8 Å². The Hall–Kier alpha value is -3.32. The maximum absolute atomic E-state index is 14.5. The summed E-state index contributed by atoms with van der Waals surface area (Å²) in [6.45, 7) is 0. The summed E-state index contributed by atoms with van der Waals surface area (Å²) in [4.78, 5) is 17.2. The largest absolute Gasteiger partial charge is 0.300 e. The topological polar surface area (TPSA) is 52.7 Å². The molecule has 0 radical (unpaired) electrons. The number of halogens is 3. The molecule has 27 heavy (non-hydrogen) atoms. The molecule has 2 aromatic carbocycles. The lowest BCUT2D eigenvalue weighted by atomic mass is 10.1. The van der Waals surface area contributed by atoms with E-state index in [1.807, 2.05) is 0 Å². The molecule has 0 saturated heterocycles. The molecule has 0 fully saturated rings. The van der Waals surface area contributed by atoms with Gasteiger partial charge in [0.1, 0.15) is 11.6 Å². The highest BCUT2D eigenvalue weighted by atomic mass is 35.5. The van der Waals surface area contributed by atoms with E-state index >= 15 is 0 Å². The van der Waals surface area contributed by atoms with Crippen molar-refractivity contribution >= 4 is 11.6 Å². The molecule has 0 bridgehead atoms. The fourth-order valence-corrected chi connectivity index (χ4v) is 3.05. The molecule has 5 nitrogen and oxygen atoms in total. The average molecular weight is 385 g/mol. The average Bonchev–Trinajstić information content (AvgIpc) is 3.19. The first-order chi connectivity index (χ1) is 13.1. The number of rotatable bonds is 3. The summed E-state index contributed by atoms with van der Waals surface area (Å²) < 4.78 is 31.3. The summed E-state index contributed by atoms with van der Waals surface area (Å²) in [5.41, 5.74) is -0.827. The zero-order chi connectivity index (χ0) is 19.0. The van der Waals surface area contributed by atoms with Crippen LogP contribution < -0.4 is 5.56 Å². The summed E-state index contributed by atoms with van der Waals surface area (Å²) in [6.07, 6.45) is 3.01. The van der Waals surface area contributed by atoms with E-state index < -0.39 is 22.8 Å². The predicted octanol–water partition coefficient (Wildman–Crippen LogP) is 4.02. The van der Waals surface area contributed by atoms with Crippen LogP contribution in [-0.2, 0) is 0 Å². The molecule has 2 aromatic heterocycles. The number of aromatic nitrogens is 4. The van der Waals surface area contributed by atoms with Gasteiger partial charge in [-0.15, -0.1) is 0 Å². The van der Waals surface area contributed by atoms with E-state index in [1.165, 1.54) is 23.1 Å². The van der Waals surface area contributed by atoms with Crippen LogP contribution in [0.25, 0.3) is 22.8 Å². The van der Waals surface area contributed by atoms with E-state index in [2.05, 4.69) is 10.1 Å². The van der Waals surface area contributed by atoms with Crippen molar-refractivity contribution in [1.82, 2.24) is 19.3 Å². The van der Waals surface area contributed by atoms with Crippen LogP contribution in [0, 0.1) is 11.6 Å². The highest BCUT2D eigenvalue weighted by molar-refractivity contribution is 6.32. The fourth-order valence-electron chi connectivity index (χ4n) is 2.79. The van der Waals surface area contributed by atoms with Crippen molar-refractivity contribution in [3.8, 4) is 22.8 Å². The smallest absolute Gasteiger partial charge is 0.270 e. The van der Waals surface area contributed by atoms with Gasteiger partial charge >= 0.3 is 5.56 Å². The van der Waals surface area contributed by atoms with Gasteiger partial charge in [0.2, 0.25) is 5.82 Å². The van der Waals surface area contributed by atoms with E-state index in [0.717, 1.165) is 16.7 Å². The number of benzene rings is 2. The van der Waals surface area contributed by atoms with Gasteiger partial charge in [-0.2, -0.15) is 5.10 Å². The Morgan fingerprint density at radius 1 is 0.926 bits per heavy atom. The molecule has 0 amide bonds. The number of hydrogen-bond acceptors (Lipinski definition) is 3. The van der Waals surface area contributed by atoms with Crippen LogP contribution in [0.1, 0.15) is 0 Å². The third-order valence-corrected chi connectivity index (χ3v) is 4.22. The maximum Gasteiger partial charge on any atom is 0.300 e. The Balaban J connectivity index is 2.14. The van der Waals surface area contributed by atoms with E-state index in [1.54, 1.807) is 36.4 Å². The molecule has 2 heterocycles. The first-order valence-electron chi connectivity index (χ1n) is 7.90. The Morgan fingerprint density at radius 2 is 1.63 bits per heavy atom. The maximum atomic E-state index is 14.5. The van der Waals surface area contributed by atoms with Gasteiger partial charge in [0.25, 0.3) is 0 Å². The zero-order valence-corrected chi connectivity index (χ0v) is 14.4. The summed E-state index contributed by atoms with van der Waals surface area (Å²) in [5.74, 6) is -1.79. The quantitative estimate of drug-likeness (QED) is 0.536. The van der Waals surface area contributed by atoms with Gasteiger partial charge in [-0.3, -0.25) is 9.36 Å². The second-order valence-corrected chi connectivity index (χ2v) is 5.96. The summed E-state index contributed by atoms with van der Waals surface area (Å²) in [6, 6.07) is 13.5. The van der Waals surface area contributed by atoms with Gasteiger partial charge in [0, 0.05) is 18.1 Å².